The number of carbonyl (C=O) groups is 1. The van der Waals surface area contributed by atoms with Crippen LogP contribution in [-0.4, -0.2) is 45.8 Å². The number of rotatable bonds is 5. The average Bonchev–Trinajstić information content (AvgIpc) is 2.63. The topological polar surface area (TPSA) is 99.4 Å². The van der Waals surface area contributed by atoms with Gasteiger partial charge >= 0.3 is 5.97 Å². The van der Waals surface area contributed by atoms with Gasteiger partial charge in [0.25, 0.3) is 0 Å². The Kier molecular flexibility index (Phi) is 5.21. The van der Waals surface area contributed by atoms with Crippen LogP contribution in [0.25, 0.3) is 0 Å². The quantitative estimate of drug-likeness (QED) is 0.392. The summed E-state index contributed by atoms with van der Waals surface area (Å²) in [4.78, 5) is 15.5. The van der Waals surface area contributed by atoms with Crippen LogP contribution < -0.4 is 0 Å². The molecule has 0 saturated heterocycles. The van der Waals surface area contributed by atoms with Gasteiger partial charge in [0.2, 0.25) is 0 Å². The van der Waals surface area contributed by atoms with E-state index in [0.717, 1.165) is 12.1 Å². The van der Waals surface area contributed by atoms with E-state index in [2.05, 4.69) is 17.0 Å². The number of nitrogens with zero attached hydrogens (tertiary/aromatic N) is 1. The molecule has 0 spiro atoms. The van der Waals surface area contributed by atoms with Crippen LogP contribution in [0.4, 0.5) is 0 Å². The van der Waals surface area contributed by atoms with E-state index in [0.29, 0.717) is 19.4 Å². The number of carboxylic acids is 1. The molecule has 0 radical (unpaired) electrons. The van der Waals surface area contributed by atoms with Crippen molar-refractivity contribution < 1.29 is 25.0 Å². The van der Waals surface area contributed by atoms with Crippen molar-refractivity contribution in [1.82, 2.24) is 0 Å². The van der Waals surface area contributed by atoms with E-state index in [4.69, 9.17) is 9.94 Å². The third-order valence-electron chi connectivity index (χ3n) is 4.03. The fraction of sp³-hybridized carbons (Fsp3) is 0.733. The summed E-state index contributed by atoms with van der Waals surface area (Å²) in [5, 5.41) is 31.8. The highest BCUT2D eigenvalue weighted by atomic mass is 16.6. The van der Waals surface area contributed by atoms with Crippen LogP contribution in [-0.2, 0) is 9.63 Å². The molecule has 0 bridgehead atoms. The second kappa shape index (κ2) is 6.92. The first-order valence-corrected chi connectivity index (χ1v) is 7.26. The highest BCUT2D eigenvalue weighted by Gasteiger charge is 2.51. The van der Waals surface area contributed by atoms with E-state index in [-0.39, 0.29) is 24.2 Å². The van der Waals surface area contributed by atoms with Gasteiger partial charge in [0.1, 0.15) is 12.7 Å². The van der Waals surface area contributed by atoms with Gasteiger partial charge in [-0.1, -0.05) is 17.0 Å². The number of oxime groups is 1. The maximum absolute atomic E-state index is 10.3. The van der Waals surface area contributed by atoms with Gasteiger partial charge in [-0.2, -0.15) is 0 Å². The summed E-state index contributed by atoms with van der Waals surface area (Å²) in [6.45, 7) is 1.89. The van der Waals surface area contributed by atoms with Crippen molar-refractivity contribution >= 4 is 11.7 Å². The molecule has 0 heterocycles. The van der Waals surface area contributed by atoms with E-state index in [1.54, 1.807) is 6.92 Å². The van der Waals surface area contributed by atoms with Crippen LogP contribution >= 0.6 is 0 Å². The Balaban J connectivity index is 1.80. The van der Waals surface area contributed by atoms with E-state index in [9.17, 15) is 15.0 Å². The first kappa shape index (κ1) is 15.8. The Morgan fingerprint density at radius 1 is 1.57 bits per heavy atom. The summed E-state index contributed by atoms with van der Waals surface area (Å²) >= 11 is 0. The number of aliphatic hydroxyl groups is 2. The molecule has 5 atom stereocenters. The summed E-state index contributed by atoms with van der Waals surface area (Å²) in [6.07, 6.45) is 0.729. The largest absolute Gasteiger partial charge is 0.481 e. The molecule has 6 nitrogen and oxygen atoms in total. The van der Waals surface area contributed by atoms with Gasteiger partial charge in [0.15, 0.2) is 0 Å². The molecule has 2 saturated carbocycles. The van der Waals surface area contributed by atoms with Gasteiger partial charge in [0, 0.05) is 12.3 Å². The van der Waals surface area contributed by atoms with Crippen LogP contribution in [0.15, 0.2) is 5.16 Å². The van der Waals surface area contributed by atoms with E-state index < -0.39 is 18.2 Å². The molecular formula is C15H21NO5. The number of fused-ring (bicyclic) bond motifs is 1. The summed E-state index contributed by atoms with van der Waals surface area (Å²) in [6, 6.07) is 0. The lowest BCUT2D eigenvalue weighted by molar-refractivity contribution is -0.137. The van der Waals surface area contributed by atoms with Crippen molar-refractivity contribution in [3.63, 3.8) is 0 Å². The monoisotopic (exact) mass is 295 g/mol. The average molecular weight is 295 g/mol. The molecule has 0 aromatic rings. The molecule has 6 heteroatoms. The molecule has 0 aromatic heterocycles. The number of carboxylic acid groups (broad SMARTS) is 1. The molecule has 0 aliphatic heterocycles. The van der Waals surface area contributed by atoms with Crippen LogP contribution in [0.5, 0.6) is 0 Å². The van der Waals surface area contributed by atoms with Crippen LogP contribution in [0.2, 0.25) is 0 Å². The Hall–Kier alpha value is -1.58. The number of hydrogen-bond acceptors (Lipinski definition) is 5. The molecule has 3 N–H and O–H groups in total. The molecule has 2 fully saturated rings. The lowest BCUT2D eigenvalue weighted by Gasteiger charge is -2.33. The maximum atomic E-state index is 10.3. The molecule has 0 aromatic carbocycles. The second-order valence-electron chi connectivity index (χ2n) is 5.68. The molecule has 116 valence electrons. The summed E-state index contributed by atoms with van der Waals surface area (Å²) in [7, 11) is 0. The summed E-state index contributed by atoms with van der Waals surface area (Å²) in [5.74, 6) is 5.21. The van der Waals surface area contributed by atoms with Gasteiger partial charge in [-0.3, -0.25) is 4.79 Å². The van der Waals surface area contributed by atoms with E-state index >= 15 is 0 Å². The first-order chi connectivity index (χ1) is 9.99. The van der Waals surface area contributed by atoms with Crippen LogP contribution in [0.1, 0.15) is 32.6 Å². The normalized spacial score (nSPS) is 33.6. The lowest BCUT2D eigenvalue weighted by Crippen LogP contribution is -2.36. The molecule has 5 unspecified atom stereocenters. The van der Waals surface area contributed by atoms with Gasteiger partial charge in [-0.05, 0) is 32.1 Å². The predicted octanol–water partition coefficient (Wildman–Crippen LogP) is 0.625. The molecular weight excluding hydrogens is 274 g/mol. The van der Waals surface area contributed by atoms with Crippen molar-refractivity contribution in [2.45, 2.75) is 44.8 Å². The smallest absolute Gasteiger partial charge is 0.303 e. The zero-order chi connectivity index (χ0) is 15.4. The zero-order valence-corrected chi connectivity index (χ0v) is 12.0. The van der Waals surface area contributed by atoms with Crippen molar-refractivity contribution in [2.24, 2.45) is 22.9 Å². The van der Waals surface area contributed by atoms with Crippen molar-refractivity contribution in [2.75, 3.05) is 6.61 Å². The van der Waals surface area contributed by atoms with Crippen LogP contribution in [0, 0.1) is 29.6 Å². The number of aliphatic carboxylic acids is 1. The van der Waals surface area contributed by atoms with Gasteiger partial charge in [-0.25, -0.2) is 0 Å². The number of hydrogen-bond donors (Lipinski definition) is 3. The predicted molar refractivity (Wildman–Crippen MR) is 75.4 cm³/mol. The SMILES string of the molecule is CC(O)C#CC1C(O)CC2C(=NOCCCC(=O)O)CC21. The molecule has 2 rings (SSSR count). The van der Waals surface area contributed by atoms with Gasteiger partial charge in [-0.15, -0.1) is 0 Å². The van der Waals surface area contributed by atoms with E-state index in [1.165, 1.54) is 0 Å². The highest BCUT2D eigenvalue weighted by Crippen LogP contribution is 2.48. The fourth-order valence-corrected chi connectivity index (χ4v) is 2.94. The maximum Gasteiger partial charge on any atom is 0.303 e. The summed E-state index contributed by atoms with van der Waals surface area (Å²) < 4.78 is 0. The Morgan fingerprint density at radius 2 is 2.33 bits per heavy atom. The molecule has 21 heavy (non-hydrogen) atoms. The van der Waals surface area contributed by atoms with Gasteiger partial charge < -0.3 is 20.2 Å². The third-order valence-corrected chi connectivity index (χ3v) is 4.03. The standard InChI is InChI=1S/C15H21NO5/c1-9(17)4-5-10-11-7-13(12(11)8-14(10)18)16-21-6-2-3-15(19)20/h9-12,14,17-18H,2-3,6-8H2,1H3,(H,19,20). The Bertz CT molecular complexity index is 476. The van der Waals surface area contributed by atoms with Crippen molar-refractivity contribution in [3.05, 3.63) is 0 Å². The molecule has 0 amide bonds. The first-order valence-electron chi connectivity index (χ1n) is 7.26. The van der Waals surface area contributed by atoms with E-state index in [1.807, 2.05) is 0 Å². The van der Waals surface area contributed by atoms with Crippen LogP contribution in [0.3, 0.4) is 0 Å². The minimum absolute atomic E-state index is 0.0760. The molecule has 2 aliphatic carbocycles. The summed E-state index contributed by atoms with van der Waals surface area (Å²) in [5.41, 5.74) is 0.927. The Labute approximate surface area is 123 Å². The number of aliphatic hydroxyl groups excluding tert-OH is 2. The zero-order valence-electron chi connectivity index (χ0n) is 12.0. The highest BCUT2D eigenvalue weighted by molar-refractivity contribution is 5.93. The fourth-order valence-electron chi connectivity index (χ4n) is 2.94. The lowest BCUT2D eigenvalue weighted by atomic mass is 9.71. The second-order valence-corrected chi connectivity index (χ2v) is 5.68. The van der Waals surface area contributed by atoms with Crippen molar-refractivity contribution in [1.29, 1.82) is 0 Å². The third kappa shape index (κ3) is 3.96. The van der Waals surface area contributed by atoms with Gasteiger partial charge in [0.05, 0.1) is 17.7 Å². The van der Waals surface area contributed by atoms with Crippen molar-refractivity contribution in [3.8, 4) is 11.8 Å². The Morgan fingerprint density at radius 3 is 3.00 bits per heavy atom. The minimum Gasteiger partial charge on any atom is -0.481 e. The molecule has 2 aliphatic rings. The minimum atomic E-state index is -0.839.